The number of carboxylic acids is 10. The first-order chi connectivity index (χ1) is 43.3. The van der Waals surface area contributed by atoms with Crippen LogP contribution in [-0.4, -0.2) is 304 Å². The van der Waals surface area contributed by atoms with Crippen LogP contribution in [0.2, 0.25) is 0 Å². The fourth-order valence-electron chi connectivity index (χ4n) is 9.87. The molecule has 0 spiro atoms. The van der Waals surface area contributed by atoms with Crippen LogP contribution >= 0.6 is 24.4 Å². The maximum atomic E-state index is 13.5. The molecule has 0 bridgehead atoms. The molecule has 3 atom stereocenters. The van der Waals surface area contributed by atoms with Crippen molar-refractivity contribution in [3.8, 4) is 0 Å². The third kappa shape index (κ3) is 33.4. The molecule has 2 aromatic rings. The zero-order chi connectivity index (χ0) is 68.7. The van der Waals surface area contributed by atoms with Gasteiger partial charge in [0.25, 0.3) is 0 Å². The molecule has 3 rings (SSSR count). The molecule has 2 aromatic carbocycles. The summed E-state index contributed by atoms with van der Waals surface area (Å²) in [6.07, 6.45) is 2.76. The fraction of sp³-hybridized carbons (Fsp3) is 0.536. The van der Waals surface area contributed by atoms with E-state index in [-0.39, 0.29) is 57.2 Å². The molecule has 1 aliphatic carbocycles. The molecule has 92 heavy (non-hydrogen) atoms. The highest BCUT2D eigenvalue weighted by Gasteiger charge is 2.46. The average Bonchev–Trinajstić information content (AvgIpc) is 1.72. The topological polar surface area (TPSA) is 513 Å². The lowest BCUT2D eigenvalue weighted by Crippen LogP contribution is -2.57. The number of benzene rings is 2. The van der Waals surface area contributed by atoms with E-state index in [9.17, 15) is 109 Å². The summed E-state index contributed by atoms with van der Waals surface area (Å²) in [4.78, 5) is 150. The first-order valence-corrected chi connectivity index (χ1v) is 29.5. The largest absolute Gasteiger partial charge is 0.480 e. The lowest BCUT2D eigenvalue weighted by molar-refractivity contribution is -0.145. The molecule has 0 heterocycles. The van der Waals surface area contributed by atoms with Gasteiger partial charge in [-0.15, -0.1) is 0 Å². The predicted octanol–water partition coefficient (Wildman–Crippen LogP) is -3.17. The molecule has 1 fully saturated rings. The lowest BCUT2D eigenvalue weighted by Gasteiger charge is -2.34. The van der Waals surface area contributed by atoms with Crippen LogP contribution in [0.4, 0.5) is 5.69 Å². The molecular formula is C56H80N12O22S2. The summed E-state index contributed by atoms with van der Waals surface area (Å²) in [6, 6.07) is 10.9. The highest BCUT2D eigenvalue weighted by atomic mass is 32.1. The average molecular weight is 1340 g/mol. The van der Waals surface area contributed by atoms with Gasteiger partial charge in [-0.25, -0.2) is 0 Å². The number of unbranched alkanes of at least 4 members (excludes halogenated alkanes) is 1. The number of nitrogens with one attached hydrogen (secondary N) is 5. The number of hydrogen-bond donors (Lipinski definition) is 16. The van der Waals surface area contributed by atoms with E-state index in [1.165, 1.54) is 9.80 Å². The van der Waals surface area contributed by atoms with Crippen molar-refractivity contribution in [1.29, 1.82) is 0 Å². The summed E-state index contributed by atoms with van der Waals surface area (Å²) in [7, 11) is 0. The molecule has 1 aliphatic rings. The number of carboxylic acid groups (broad SMARTS) is 10. The molecule has 36 heteroatoms. The Bertz CT molecular complexity index is 2840. The minimum absolute atomic E-state index is 0.00666. The molecule has 0 saturated heterocycles. The molecule has 0 aliphatic heterocycles. The molecule has 17 N–H and O–H groups in total. The van der Waals surface area contributed by atoms with Crippen molar-refractivity contribution in [3.63, 3.8) is 0 Å². The minimum atomic E-state index is -1.36. The predicted molar refractivity (Wildman–Crippen MR) is 332 cm³/mol. The minimum Gasteiger partial charge on any atom is -0.480 e. The first-order valence-electron chi connectivity index (χ1n) is 28.7. The molecule has 0 radical (unpaired) electrons. The number of carbonyl (C=O) groups excluding carboxylic acids is 2. The van der Waals surface area contributed by atoms with Crippen molar-refractivity contribution in [2.24, 2.45) is 5.73 Å². The number of hydrogen-bond acceptors (Lipinski definition) is 21. The monoisotopic (exact) mass is 1340 g/mol. The summed E-state index contributed by atoms with van der Waals surface area (Å²) < 4.78 is 0. The van der Waals surface area contributed by atoms with Crippen LogP contribution in [0.15, 0.2) is 48.5 Å². The first kappa shape index (κ1) is 77.6. The second-order valence-corrected chi connectivity index (χ2v) is 22.8. The molecule has 1 saturated carbocycles. The van der Waals surface area contributed by atoms with Gasteiger partial charge >= 0.3 is 59.7 Å². The molecule has 508 valence electrons. The summed E-state index contributed by atoms with van der Waals surface area (Å²) in [6.45, 7) is -7.91. The molecule has 2 amide bonds. The van der Waals surface area contributed by atoms with Gasteiger partial charge in [0.2, 0.25) is 11.8 Å². The standard InChI is InChI=1S/C56H80N12O22S2/c57-42(69)22-59-54(90)41(3-1-2-14-58-43(91)21-37-6-4-35(5-7-37)19-39(67(31-50(82)83)32-51(84)85)23-63(25-44(70)71)15-17-65(27-46(74)75)28-47(76)77)61-56(12-13-56)62-55(92)60-38-10-8-36(9-11-38)20-40(68(33-52(86)87)34-53(88)89)24-64(26-45(72)73)16-18-66(29-48(78)79)30-49(80)81/h4-11,39-41,61H,1-3,12-34H2,(H2,57,69)(H,58,91)(H,59,90)(H,70,71)(H,72,73)(H,74,75)(H,76,77)(H,78,79)(H,80,81)(H,82,83)(H,84,85)(H,86,87)(H,88,89)(H2,60,62,92)/t39-,40-,41?/m0/s1. The number of rotatable bonds is 50. The van der Waals surface area contributed by atoms with Crippen LogP contribution in [0.1, 0.15) is 48.8 Å². The van der Waals surface area contributed by atoms with E-state index in [1.54, 1.807) is 48.5 Å². The normalized spacial score (nSPS) is 13.5. The Morgan fingerprint density at radius 2 is 0.837 bits per heavy atom. The molecule has 0 aromatic heterocycles. The van der Waals surface area contributed by atoms with E-state index in [1.807, 2.05) is 0 Å². The van der Waals surface area contributed by atoms with Crippen LogP contribution in [0, 0.1) is 0 Å². The second-order valence-electron chi connectivity index (χ2n) is 21.9. The fourth-order valence-corrected chi connectivity index (χ4v) is 10.5. The van der Waals surface area contributed by atoms with Gasteiger partial charge in [0.1, 0.15) is 0 Å². The van der Waals surface area contributed by atoms with Crippen molar-refractivity contribution >= 4 is 112 Å². The Hall–Kier alpha value is -8.62. The SMILES string of the molecule is NC(=O)CNC(=O)C(CCCCNC(=S)Cc1ccc(C[C@@H](CN(CCN(CC(=O)O)CC(=O)O)CC(=O)O)N(CC(=O)O)CC(=O)O)cc1)NC1(NC(=S)Nc2ccc(C[C@@H](CN(CCN(CC(=O)O)CC(=O)O)CC(=O)O)N(CC(=O)O)CC(=O)O)cc2)CC1. The van der Waals surface area contributed by atoms with Gasteiger partial charge < -0.3 is 78.1 Å². The third-order valence-electron chi connectivity index (χ3n) is 14.0. The number of aliphatic carboxylic acids is 10. The highest BCUT2D eigenvalue weighted by Crippen LogP contribution is 2.33. The zero-order valence-electron chi connectivity index (χ0n) is 50.2. The number of anilines is 1. The van der Waals surface area contributed by atoms with Crippen LogP contribution in [-0.2, 0) is 76.8 Å². The van der Waals surface area contributed by atoms with Crippen molar-refractivity contribution < 1.29 is 109 Å². The maximum absolute atomic E-state index is 13.5. The Labute approximate surface area is 538 Å². The second kappa shape index (κ2) is 39.6. The van der Waals surface area contributed by atoms with Gasteiger partial charge in [-0.05, 0) is 86.0 Å². The van der Waals surface area contributed by atoms with Crippen molar-refractivity contribution in [1.82, 2.24) is 50.7 Å². The Kier molecular flexibility index (Phi) is 33.4. The summed E-state index contributed by atoms with van der Waals surface area (Å²) in [5, 5.41) is 111. The van der Waals surface area contributed by atoms with E-state index in [0.717, 1.165) is 25.2 Å². The third-order valence-corrected chi connectivity index (χ3v) is 14.5. The van der Waals surface area contributed by atoms with Crippen molar-refractivity contribution in [2.45, 2.75) is 75.2 Å². The lowest BCUT2D eigenvalue weighted by atomic mass is 10.0. The van der Waals surface area contributed by atoms with Gasteiger partial charge in [0, 0.05) is 70.0 Å². The summed E-state index contributed by atoms with van der Waals surface area (Å²) in [5.41, 5.74) is 6.93. The van der Waals surface area contributed by atoms with Crippen LogP contribution in [0.3, 0.4) is 0 Å². The number of carbonyl (C=O) groups is 12. The Morgan fingerprint density at radius 1 is 0.478 bits per heavy atom. The summed E-state index contributed by atoms with van der Waals surface area (Å²) >= 11 is 11.3. The van der Waals surface area contributed by atoms with Gasteiger partial charge in [0.15, 0.2) is 5.11 Å². The van der Waals surface area contributed by atoms with E-state index in [0.29, 0.717) is 66.9 Å². The molecule has 34 nitrogen and oxygen atoms in total. The van der Waals surface area contributed by atoms with E-state index < -0.39 is 167 Å². The van der Waals surface area contributed by atoms with Crippen LogP contribution < -0.4 is 32.3 Å². The quantitative estimate of drug-likeness (QED) is 0.0177. The number of nitrogens with two attached hydrogens (primary N) is 1. The zero-order valence-corrected chi connectivity index (χ0v) is 51.8. The van der Waals surface area contributed by atoms with Crippen molar-refractivity contribution in [3.05, 3.63) is 65.2 Å². The van der Waals surface area contributed by atoms with Crippen molar-refractivity contribution in [2.75, 3.05) is 123 Å². The van der Waals surface area contributed by atoms with E-state index >= 15 is 0 Å². The number of nitrogens with zero attached hydrogens (tertiary/aromatic N) is 6. The smallest absolute Gasteiger partial charge is 0.317 e. The Balaban J connectivity index is 1.67. The molecule has 1 unspecified atom stereocenters. The van der Waals surface area contributed by atoms with E-state index in [4.69, 9.17) is 30.2 Å². The van der Waals surface area contributed by atoms with Crippen LogP contribution in [0.25, 0.3) is 0 Å². The van der Waals surface area contributed by atoms with Gasteiger partial charge in [0.05, 0.1) is 88.7 Å². The number of primary amides is 1. The van der Waals surface area contributed by atoms with Gasteiger partial charge in [-0.2, -0.15) is 0 Å². The maximum Gasteiger partial charge on any atom is 0.317 e. The van der Waals surface area contributed by atoms with Gasteiger partial charge in [-0.3, -0.25) is 92.3 Å². The Morgan fingerprint density at radius 3 is 1.21 bits per heavy atom. The van der Waals surface area contributed by atoms with Gasteiger partial charge in [-0.1, -0.05) is 48.6 Å². The molecular weight excluding hydrogens is 1260 g/mol. The number of amides is 2. The highest BCUT2D eigenvalue weighted by molar-refractivity contribution is 7.80. The van der Waals surface area contributed by atoms with Crippen LogP contribution in [0.5, 0.6) is 0 Å². The number of thiocarbonyl (C=S) groups is 2. The van der Waals surface area contributed by atoms with E-state index in [2.05, 4.69) is 26.6 Å². The summed E-state index contributed by atoms with van der Waals surface area (Å²) in [5.74, 6) is -14.6.